The van der Waals surface area contributed by atoms with E-state index in [4.69, 9.17) is 9.98 Å². The number of hydrogen-bond acceptors (Lipinski definition) is 4. The maximum Gasteiger partial charge on any atom is 0.169 e. The summed E-state index contributed by atoms with van der Waals surface area (Å²) in [5, 5.41) is 13.0. The Morgan fingerprint density at radius 2 is 1.08 bits per heavy atom. The zero-order chi connectivity index (χ0) is 32.5. The third kappa shape index (κ3) is 3.94. The third-order valence-electron chi connectivity index (χ3n) is 10.5. The maximum atomic E-state index is 9.38. The Labute approximate surface area is 280 Å². The molecule has 4 nitrogen and oxygen atoms in total. The van der Waals surface area contributed by atoms with Gasteiger partial charge in [0.05, 0.1) is 17.0 Å². The van der Waals surface area contributed by atoms with Crippen molar-refractivity contribution in [2.45, 2.75) is 30.8 Å². The van der Waals surface area contributed by atoms with E-state index >= 15 is 0 Å². The van der Waals surface area contributed by atoms with Crippen LogP contribution in [0.2, 0.25) is 0 Å². The Morgan fingerprint density at radius 1 is 0.542 bits per heavy atom. The van der Waals surface area contributed by atoms with Crippen LogP contribution in [0.15, 0.2) is 156 Å². The van der Waals surface area contributed by atoms with Crippen molar-refractivity contribution < 1.29 is 0 Å². The summed E-state index contributed by atoms with van der Waals surface area (Å²) in [6.07, 6.45) is -0.449. The van der Waals surface area contributed by atoms with Gasteiger partial charge in [0.25, 0.3) is 0 Å². The van der Waals surface area contributed by atoms with Crippen molar-refractivity contribution in [1.82, 2.24) is 5.32 Å². The van der Waals surface area contributed by atoms with E-state index in [-0.39, 0.29) is 5.41 Å². The zero-order valence-electron chi connectivity index (χ0n) is 26.8. The molecule has 0 amide bonds. The Morgan fingerprint density at radius 3 is 1.73 bits per heavy atom. The molecule has 1 aliphatic heterocycles. The molecule has 9 rings (SSSR count). The highest BCUT2D eigenvalue weighted by Gasteiger charge is 2.53. The molecule has 3 aliphatic rings. The molecule has 1 N–H and O–H groups in total. The molecule has 0 aromatic heterocycles. The molecule has 0 saturated heterocycles. The van der Waals surface area contributed by atoms with Gasteiger partial charge in [-0.05, 0) is 68.3 Å². The second-order valence-corrected chi connectivity index (χ2v) is 13.3. The predicted molar refractivity (Wildman–Crippen MR) is 192 cm³/mol. The second kappa shape index (κ2) is 10.5. The Hall–Kier alpha value is -6.05. The SMILES string of the molecule is CC1(C)c2ccccc2C2(c3ccccc3-c3cc(C4=NC(c5ccc(C#N)cc5)N=C(c5ccccc5)N4)ccc32)c2ccccc21. The standard InChI is InChI=1S/C44H32N4/c1-43(2)36-16-8-10-18-38(36)44(39-19-11-9-17-37(39)43)34-15-7-6-14-32(34)33-26-31(24-25-35(33)44)42-47-40(29-12-4-3-5-13-29)46-41(48-42)30-22-20-28(27-45)21-23-30/h3-26,41H,1-2H3,(H,46,47,48). The highest BCUT2D eigenvalue weighted by molar-refractivity contribution is 6.16. The number of nitrogens with zero attached hydrogens (tertiary/aromatic N) is 3. The molecule has 1 atom stereocenters. The Kier molecular flexibility index (Phi) is 6.16. The number of nitriles is 1. The van der Waals surface area contributed by atoms with E-state index in [1.165, 1.54) is 44.5 Å². The molecule has 0 radical (unpaired) electrons. The molecule has 48 heavy (non-hydrogen) atoms. The van der Waals surface area contributed by atoms with E-state index in [9.17, 15) is 5.26 Å². The van der Waals surface area contributed by atoms with Crippen LogP contribution in [0.3, 0.4) is 0 Å². The van der Waals surface area contributed by atoms with Gasteiger partial charge >= 0.3 is 0 Å². The van der Waals surface area contributed by atoms with Gasteiger partial charge < -0.3 is 5.32 Å². The first kappa shape index (κ1) is 28.2. The number of hydrogen-bond donors (Lipinski definition) is 1. The molecular formula is C44H32N4. The van der Waals surface area contributed by atoms with Crippen molar-refractivity contribution in [1.29, 1.82) is 5.26 Å². The fourth-order valence-electron chi connectivity index (χ4n) is 8.23. The molecule has 0 saturated carbocycles. The van der Waals surface area contributed by atoms with Crippen LogP contribution in [0, 0.1) is 11.3 Å². The van der Waals surface area contributed by atoms with Crippen molar-refractivity contribution in [3.63, 3.8) is 0 Å². The third-order valence-corrected chi connectivity index (χ3v) is 10.5. The lowest BCUT2D eigenvalue weighted by Crippen LogP contribution is -2.40. The van der Waals surface area contributed by atoms with Crippen LogP contribution in [0.1, 0.15) is 75.6 Å². The van der Waals surface area contributed by atoms with Gasteiger partial charge in [-0.15, -0.1) is 0 Å². The van der Waals surface area contributed by atoms with E-state index in [0.29, 0.717) is 5.56 Å². The van der Waals surface area contributed by atoms with E-state index in [1.54, 1.807) is 0 Å². The van der Waals surface area contributed by atoms with Crippen molar-refractivity contribution in [3.8, 4) is 17.2 Å². The molecule has 2 aliphatic carbocycles. The van der Waals surface area contributed by atoms with Crippen LogP contribution in [-0.4, -0.2) is 11.7 Å². The van der Waals surface area contributed by atoms with Gasteiger partial charge in [0, 0.05) is 16.5 Å². The number of rotatable bonds is 3. The van der Waals surface area contributed by atoms with E-state index in [2.05, 4.69) is 128 Å². The van der Waals surface area contributed by atoms with Crippen molar-refractivity contribution in [2.75, 3.05) is 0 Å². The monoisotopic (exact) mass is 616 g/mol. The molecule has 0 fully saturated rings. The fourth-order valence-corrected chi connectivity index (χ4v) is 8.23. The van der Waals surface area contributed by atoms with Crippen molar-refractivity contribution >= 4 is 11.7 Å². The molecule has 0 bridgehead atoms. The van der Waals surface area contributed by atoms with E-state index < -0.39 is 11.6 Å². The zero-order valence-corrected chi connectivity index (χ0v) is 26.8. The van der Waals surface area contributed by atoms with Crippen LogP contribution in [0.25, 0.3) is 11.1 Å². The van der Waals surface area contributed by atoms with Crippen LogP contribution >= 0.6 is 0 Å². The first-order valence-corrected chi connectivity index (χ1v) is 16.4. The lowest BCUT2D eigenvalue weighted by atomic mass is 9.55. The average molecular weight is 617 g/mol. The second-order valence-electron chi connectivity index (χ2n) is 13.3. The lowest BCUT2D eigenvalue weighted by Gasteiger charge is -2.46. The number of amidine groups is 2. The van der Waals surface area contributed by atoms with Gasteiger partial charge in [0.2, 0.25) is 0 Å². The summed E-state index contributed by atoms with van der Waals surface area (Å²) in [5.41, 5.74) is 13.5. The molecule has 1 heterocycles. The first-order valence-electron chi connectivity index (χ1n) is 16.4. The fraction of sp³-hybridized carbons (Fsp3) is 0.114. The Bertz CT molecular complexity index is 2310. The number of aliphatic imine (C=N–C) groups is 2. The number of benzene rings is 6. The molecule has 4 heteroatoms. The normalized spacial score (nSPS) is 17.5. The predicted octanol–water partition coefficient (Wildman–Crippen LogP) is 9.06. The van der Waals surface area contributed by atoms with Gasteiger partial charge in [-0.3, -0.25) is 0 Å². The summed E-state index contributed by atoms with van der Waals surface area (Å²) in [5.74, 6) is 1.54. The molecular weight excluding hydrogens is 585 g/mol. The largest absolute Gasteiger partial charge is 0.324 e. The van der Waals surface area contributed by atoms with E-state index in [1.807, 2.05) is 42.5 Å². The minimum absolute atomic E-state index is 0.134. The summed E-state index contributed by atoms with van der Waals surface area (Å²) in [7, 11) is 0. The quantitative estimate of drug-likeness (QED) is 0.215. The minimum atomic E-state index is -0.449. The minimum Gasteiger partial charge on any atom is -0.324 e. The van der Waals surface area contributed by atoms with Gasteiger partial charge in [-0.2, -0.15) is 5.26 Å². The van der Waals surface area contributed by atoms with Gasteiger partial charge in [-0.1, -0.05) is 141 Å². The van der Waals surface area contributed by atoms with E-state index in [0.717, 1.165) is 28.4 Å². The number of nitrogens with one attached hydrogen (secondary N) is 1. The highest BCUT2D eigenvalue weighted by Crippen LogP contribution is 2.62. The van der Waals surface area contributed by atoms with Gasteiger partial charge in [0.1, 0.15) is 11.7 Å². The van der Waals surface area contributed by atoms with Crippen molar-refractivity contribution in [2.24, 2.45) is 9.98 Å². The molecule has 1 spiro atoms. The highest BCUT2D eigenvalue weighted by atomic mass is 15.2. The topological polar surface area (TPSA) is 60.5 Å². The molecule has 6 aromatic rings. The Balaban J connectivity index is 1.25. The van der Waals surface area contributed by atoms with Gasteiger partial charge in [-0.25, -0.2) is 9.98 Å². The smallest absolute Gasteiger partial charge is 0.169 e. The summed E-state index contributed by atoms with van der Waals surface area (Å²) in [6.45, 7) is 4.71. The molecule has 228 valence electrons. The molecule has 1 unspecified atom stereocenters. The lowest BCUT2D eigenvalue weighted by molar-refractivity contribution is 0.563. The maximum absolute atomic E-state index is 9.38. The summed E-state index contributed by atoms with van der Waals surface area (Å²) >= 11 is 0. The van der Waals surface area contributed by atoms with Crippen LogP contribution in [0.5, 0.6) is 0 Å². The van der Waals surface area contributed by atoms with Crippen molar-refractivity contribution in [3.05, 3.63) is 201 Å². The van der Waals surface area contributed by atoms with Crippen LogP contribution in [0.4, 0.5) is 0 Å². The summed E-state index contributed by atoms with van der Waals surface area (Å²) < 4.78 is 0. The summed E-state index contributed by atoms with van der Waals surface area (Å²) in [6, 6.07) is 53.8. The first-order chi connectivity index (χ1) is 23.5. The van der Waals surface area contributed by atoms with Gasteiger partial charge in [0.15, 0.2) is 6.17 Å². The van der Waals surface area contributed by atoms with Crippen LogP contribution < -0.4 is 5.32 Å². The van der Waals surface area contributed by atoms with Crippen LogP contribution in [-0.2, 0) is 10.8 Å². The molecule has 6 aromatic carbocycles. The summed E-state index contributed by atoms with van der Waals surface area (Å²) in [4.78, 5) is 10.2. The average Bonchev–Trinajstić information content (AvgIpc) is 3.44. The number of fused-ring (bicyclic) bond motifs is 9.